The Morgan fingerprint density at radius 3 is 2.67 bits per heavy atom. The first-order chi connectivity index (χ1) is 8.65. The minimum atomic E-state index is 0.175. The van der Waals surface area contributed by atoms with Gasteiger partial charge in [0.15, 0.2) is 0 Å². The number of anilines is 1. The van der Waals surface area contributed by atoms with Gasteiger partial charge in [-0.15, -0.1) is 0 Å². The van der Waals surface area contributed by atoms with Crippen LogP contribution in [0, 0.1) is 11.3 Å². The Morgan fingerprint density at radius 2 is 1.94 bits per heavy atom. The van der Waals surface area contributed by atoms with E-state index in [-0.39, 0.29) is 15.7 Å². The minimum absolute atomic E-state index is 0.175. The highest BCUT2D eigenvalue weighted by Crippen LogP contribution is 2.33. The summed E-state index contributed by atoms with van der Waals surface area (Å²) in [6, 6.07) is 2.00. The molecule has 0 saturated carbocycles. The molecule has 0 atom stereocenters. The van der Waals surface area contributed by atoms with Gasteiger partial charge in [-0.05, 0) is 11.6 Å². The van der Waals surface area contributed by atoms with E-state index < -0.39 is 0 Å². The van der Waals surface area contributed by atoms with Crippen LogP contribution in [-0.4, -0.2) is 26.2 Å². The van der Waals surface area contributed by atoms with Crippen LogP contribution in [0.2, 0.25) is 15.2 Å². The van der Waals surface area contributed by atoms with Gasteiger partial charge in [-0.2, -0.15) is 5.26 Å². The molecule has 0 aromatic carbocycles. The lowest BCUT2D eigenvalue weighted by Crippen LogP contribution is -2.84. The average Bonchev–Trinajstić information content (AvgIpc) is 2.63. The molecule has 18 heavy (non-hydrogen) atoms. The van der Waals surface area contributed by atoms with Crippen LogP contribution < -0.4 is 15.2 Å². The van der Waals surface area contributed by atoms with Crippen molar-refractivity contribution in [2.24, 2.45) is 0 Å². The van der Waals surface area contributed by atoms with Gasteiger partial charge in [0.1, 0.15) is 34.8 Å². The smallest absolute Gasteiger partial charge is 0.296 e. The second-order valence-electron chi connectivity index (χ2n) is 4.11. The number of nitrogens with two attached hydrogens (primary N) is 1. The van der Waals surface area contributed by atoms with Crippen LogP contribution in [0.5, 0.6) is 0 Å². The van der Waals surface area contributed by atoms with Crippen molar-refractivity contribution in [1.29, 1.82) is 5.26 Å². The molecule has 3 N–H and O–H groups in total. The number of hydrogen-bond acceptors (Lipinski definition) is 2. The fourth-order valence-corrected chi connectivity index (χ4v) is 2.73. The van der Waals surface area contributed by atoms with Crippen molar-refractivity contribution < 1.29 is 10.3 Å². The number of hydrogen-bond donors (Lipinski definition) is 1. The molecule has 1 aliphatic rings. The maximum atomic E-state index is 9.09. The van der Waals surface area contributed by atoms with Gasteiger partial charge in [-0.3, -0.25) is 4.90 Å². The third kappa shape index (κ3) is 2.65. The summed E-state index contributed by atoms with van der Waals surface area (Å²) in [6.07, 6.45) is 1.06. The van der Waals surface area contributed by atoms with Crippen LogP contribution in [0.25, 0.3) is 0 Å². The highest BCUT2D eigenvalue weighted by Gasteiger charge is 2.27. The van der Waals surface area contributed by atoms with Gasteiger partial charge in [-0.25, -0.2) is 4.98 Å². The molecule has 2 rings (SSSR count). The van der Waals surface area contributed by atoms with Gasteiger partial charge >= 0.3 is 0 Å². The molecule has 0 spiro atoms. The molecule has 0 unspecified atom stereocenters. The summed E-state index contributed by atoms with van der Waals surface area (Å²) < 4.78 is 0. The van der Waals surface area contributed by atoms with Crippen LogP contribution in [0.4, 0.5) is 5.82 Å². The summed E-state index contributed by atoms with van der Waals surface area (Å²) >= 11 is 18.2. The van der Waals surface area contributed by atoms with Gasteiger partial charge in [0, 0.05) is 6.42 Å². The zero-order chi connectivity index (χ0) is 13.1. The van der Waals surface area contributed by atoms with E-state index in [2.05, 4.69) is 15.2 Å². The van der Waals surface area contributed by atoms with E-state index in [1.165, 1.54) is 0 Å². The third-order valence-corrected chi connectivity index (χ3v) is 4.06. The van der Waals surface area contributed by atoms with Crippen molar-refractivity contribution in [3.05, 3.63) is 20.8 Å². The molecule has 0 radical (unpaired) electrons. The molecule has 1 fully saturated rings. The number of H-pyrrole nitrogens is 1. The van der Waals surface area contributed by atoms with Crippen molar-refractivity contribution in [1.82, 2.24) is 0 Å². The number of aromatic amines is 1. The molecule has 0 aliphatic carbocycles. The number of aromatic nitrogens is 1. The predicted molar refractivity (Wildman–Crippen MR) is 71.2 cm³/mol. The molecule has 0 amide bonds. The summed E-state index contributed by atoms with van der Waals surface area (Å²) in [6.45, 7) is 3.83. The SMILES string of the molecule is N#Cc1c(Cl)c(Cl)[nH+]c(N2CCC[NH2+]CC2)c1Cl. The van der Waals surface area contributed by atoms with Gasteiger partial charge in [0.2, 0.25) is 5.15 Å². The number of pyridine rings is 1. The Bertz CT molecular complexity index is 490. The number of rotatable bonds is 1. The Kier molecular flexibility index (Phi) is 4.52. The monoisotopic (exact) mass is 306 g/mol. The fourth-order valence-electron chi connectivity index (χ4n) is 2.01. The molecule has 1 aliphatic heterocycles. The lowest BCUT2D eigenvalue weighted by molar-refractivity contribution is -0.650. The Labute approximate surface area is 120 Å². The first-order valence-electron chi connectivity index (χ1n) is 5.71. The maximum absolute atomic E-state index is 9.09. The number of nitrogens with zero attached hydrogens (tertiary/aromatic N) is 2. The topological polar surface area (TPSA) is 57.8 Å². The van der Waals surface area contributed by atoms with E-state index >= 15 is 0 Å². The molecule has 4 nitrogen and oxygen atoms in total. The molecule has 2 heterocycles. The third-order valence-electron chi connectivity index (χ3n) is 2.94. The zero-order valence-corrected chi connectivity index (χ0v) is 11.9. The van der Waals surface area contributed by atoms with Crippen LogP contribution in [-0.2, 0) is 0 Å². The Balaban J connectivity index is 2.44. The summed E-state index contributed by atoms with van der Waals surface area (Å²) in [5.74, 6) is 0.679. The number of nitriles is 1. The number of halogens is 3. The zero-order valence-electron chi connectivity index (χ0n) is 9.64. The average molecular weight is 308 g/mol. The summed E-state index contributed by atoms with van der Waals surface area (Å²) in [5, 5.41) is 12.1. The largest absolute Gasteiger partial charge is 0.343 e. The molecule has 7 heteroatoms. The summed E-state index contributed by atoms with van der Waals surface area (Å²) in [5.41, 5.74) is 0.227. The normalized spacial score (nSPS) is 16.2. The maximum Gasteiger partial charge on any atom is 0.296 e. The Morgan fingerprint density at radius 1 is 1.17 bits per heavy atom. The second-order valence-corrected chi connectivity index (χ2v) is 5.24. The number of nitrogens with one attached hydrogen (secondary N) is 1. The van der Waals surface area contributed by atoms with Crippen molar-refractivity contribution in [2.45, 2.75) is 6.42 Å². The molecule has 96 valence electrons. The van der Waals surface area contributed by atoms with E-state index in [1.807, 2.05) is 6.07 Å². The first kappa shape index (κ1) is 13.7. The molecule has 1 saturated heterocycles. The Hall–Kier alpha value is -0.730. The van der Waals surface area contributed by atoms with E-state index in [0.717, 1.165) is 32.6 Å². The van der Waals surface area contributed by atoms with Crippen molar-refractivity contribution in [3.8, 4) is 6.07 Å². The molecular weight excluding hydrogens is 295 g/mol. The lowest BCUT2D eigenvalue weighted by Gasteiger charge is -2.14. The van der Waals surface area contributed by atoms with Crippen molar-refractivity contribution in [3.63, 3.8) is 0 Å². The minimum Gasteiger partial charge on any atom is -0.343 e. The van der Waals surface area contributed by atoms with Gasteiger partial charge in [-0.1, -0.05) is 23.2 Å². The summed E-state index contributed by atoms with van der Waals surface area (Å²) in [4.78, 5) is 5.08. The number of quaternary nitrogens is 1. The van der Waals surface area contributed by atoms with E-state index in [1.54, 1.807) is 0 Å². The second kappa shape index (κ2) is 5.94. The molecule has 0 bridgehead atoms. The quantitative estimate of drug-likeness (QED) is 0.790. The standard InChI is InChI=1S/C11H11Cl3N4/c12-8-7(6-15)9(13)11(17-10(8)14)18-4-1-2-16-3-5-18/h16H,1-5H2/p+2. The van der Waals surface area contributed by atoms with Crippen LogP contribution in [0.15, 0.2) is 0 Å². The van der Waals surface area contributed by atoms with Crippen LogP contribution >= 0.6 is 34.8 Å². The van der Waals surface area contributed by atoms with E-state index in [0.29, 0.717) is 10.8 Å². The van der Waals surface area contributed by atoms with Gasteiger partial charge in [0.25, 0.3) is 5.82 Å². The van der Waals surface area contributed by atoms with Crippen LogP contribution in [0.1, 0.15) is 12.0 Å². The van der Waals surface area contributed by atoms with Crippen molar-refractivity contribution >= 4 is 40.6 Å². The first-order valence-corrected chi connectivity index (χ1v) is 6.85. The van der Waals surface area contributed by atoms with E-state index in [4.69, 9.17) is 40.1 Å². The fraction of sp³-hybridized carbons (Fsp3) is 0.455. The predicted octanol–water partition coefficient (Wildman–Crippen LogP) is 1.11. The highest BCUT2D eigenvalue weighted by atomic mass is 35.5. The summed E-state index contributed by atoms with van der Waals surface area (Å²) in [7, 11) is 0. The highest BCUT2D eigenvalue weighted by molar-refractivity contribution is 6.43. The lowest BCUT2D eigenvalue weighted by atomic mass is 10.2. The molecular formula is C11H13Cl3N4+2. The van der Waals surface area contributed by atoms with Crippen molar-refractivity contribution in [2.75, 3.05) is 31.1 Å². The van der Waals surface area contributed by atoms with E-state index in [9.17, 15) is 0 Å². The molecule has 1 aromatic rings. The molecule has 1 aromatic heterocycles. The van der Waals surface area contributed by atoms with Gasteiger partial charge in [0.05, 0.1) is 13.1 Å². The van der Waals surface area contributed by atoms with Gasteiger partial charge < -0.3 is 5.32 Å². The van der Waals surface area contributed by atoms with Crippen LogP contribution in [0.3, 0.4) is 0 Å².